The first-order valence-corrected chi connectivity index (χ1v) is 8.54. The molecule has 0 fully saturated rings. The van der Waals surface area contributed by atoms with Gasteiger partial charge < -0.3 is 14.3 Å². The molecule has 0 N–H and O–H groups in total. The normalized spacial score (nSPS) is 11.8. The molecule has 0 saturated carbocycles. The Morgan fingerprint density at radius 1 is 1.23 bits per heavy atom. The van der Waals surface area contributed by atoms with Crippen molar-refractivity contribution < 1.29 is 14.3 Å². The third kappa shape index (κ3) is 4.88. The van der Waals surface area contributed by atoms with Crippen LogP contribution in [-0.2, 0) is 18.5 Å². The highest BCUT2D eigenvalue weighted by Crippen LogP contribution is 2.29. The average Bonchev–Trinajstić information content (AvgIpc) is 2.95. The van der Waals surface area contributed by atoms with Crippen LogP contribution in [0.5, 0.6) is 11.5 Å². The fourth-order valence-electron chi connectivity index (χ4n) is 2.74. The first-order chi connectivity index (χ1) is 12.5. The minimum Gasteiger partial charge on any atom is -0.490 e. The van der Waals surface area contributed by atoms with Crippen molar-refractivity contribution in [1.29, 1.82) is 0 Å². The van der Waals surface area contributed by atoms with Gasteiger partial charge in [0.05, 0.1) is 0 Å². The Kier molecular flexibility index (Phi) is 6.83. The van der Waals surface area contributed by atoms with E-state index in [0.717, 1.165) is 33.9 Å². The van der Waals surface area contributed by atoms with E-state index in [1.54, 1.807) is 4.68 Å². The maximum Gasteiger partial charge on any atom is 0.125 e. The lowest BCUT2D eigenvalue weighted by Gasteiger charge is -2.14. The van der Waals surface area contributed by atoms with Crippen LogP contribution in [0.15, 0.2) is 35.6 Å². The Morgan fingerprint density at radius 3 is 2.54 bits per heavy atom. The van der Waals surface area contributed by atoms with Crippen molar-refractivity contribution >= 4 is 5.71 Å². The molecule has 0 bridgehead atoms. The standard InChI is InChI=1S/C20H27N3O3/c1-7-8-9-25-18-10-14(2)20(15(3)11-18)26-13-17-12-23(5)21-19(17)16(4)22-24-6/h7-8,10-12H,9,13H2,1-6H3/b8-7+,22-16?. The molecule has 26 heavy (non-hydrogen) atoms. The van der Waals surface area contributed by atoms with Gasteiger partial charge in [0, 0.05) is 18.8 Å². The van der Waals surface area contributed by atoms with Crippen molar-refractivity contribution in [3.8, 4) is 11.5 Å². The summed E-state index contributed by atoms with van der Waals surface area (Å²) in [6.45, 7) is 8.84. The number of nitrogens with zero attached hydrogens (tertiary/aromatic N) is 3. The monoisotopic (exact) mass is 357 g/mol. The van der Waals surface area contributed by atoms with E-state index in [4.69, 9.17) is 14.3 Å². The number of hydrogen-bond donors (Lipinski definition) is 0. The van der Waals surface area contributed by atoms with E-state index in [2.05, 4.69) is 10.3 Å². The molecule has 0 spiro atoms. The molecule has 0 atom stereocenters. The topological polar surface area (TPSA) is 57.9 Å². The van der Waals surface area contributed by atoms with E-state index in [1.807, 2.05) is 65.2 Å². The van der Waals surface area contributed by atoms with Crippen molar-refractivity contribution in [3.05, 3.63) is 52.9 Å². The number of allylic oxidation sites excluding steroid dienone is 1. The van der Waals surface area contributed by atoms with Gasteiger partial charge in [0.25, 0.3) is 0 Å². The van der Waals surface area contributed by atoms with Gasteiger partial charge in [-0.15, -0.1) is 0 Å². The maximum absolute atomic E-state index is 6.10. The summed E-state index contributed by atoms with van der Waals surface area (Å²) in [7, 11) is 3.40. The van der Waals surface area contributed by atoms with Crippen LogP contribution >= 0.6 is 0 Å². The molecule has 140 valence electrons. The van der Waals surface area contributed by atoms with E-state index in [-0.39, 0.29) is 0 Å². The summed E-state index contributed by atoms with van der Waals surface area (Å²) in [5.74, 6) is 1.70. The Balaban J connectivity index is 2.16. The molecule has 0 aliphatic carbocycles. The predicted molar refractivity (Wildman–Crippen MR) is 103 cm³/mol. The minimum absolute atomic E-state index is 0.403. The number of aryl methyl sites for hydroxylation is 3. The fraction of sp³-hybridized carbons (Fsp3) is 0.400. The van der Waals surface area contributed by atoms with Gasteiger partial charge in [-0.1, -0.05) is 17.3 Å². The Hall–Kier alpha value is -2.76. The molecule has 0 amide bonds. The van der Waals surface area contributed by atoms with Gasteiger partial charge in [0.15, 0.2) is 0 Å². The summed E-state index contributed by atoms with van der Waals surface area (Å²) in [6, 6.07) is 3.99. The number of benzene rings is 1. The Labute approximate surface area is 155 Å². The summed E-state index contributed by atoms with van der Waals surface area (Å²) in [5, 5.41) is 8.41. The van der Waals surface area contributed by atoms with Crippen molar-refractivity contribution in [1.82, 2.24) is 9.78 Å². The summed E-state index contributed by atoms with van der Waals surface area (Å²) >= 11 is 0. The minimum atomic E-state index is 0.403. The number of hydrogen-bond acceptors (Lipinski definition) is 5. The van der Waals surface area contributed by atoms with Crippen LogP contribution in [0.25, 0.3) is 0 Å². The zero-order chi connectivity index (χ0) is 19.1. The molecule has 0 aliphatic heterocycles. The van der Waals surface area contributed by atoms with E-state index in [0.29, 0.717) is 18.9 Å². The van der Waals surface area contributed by atoms with E-state index >= 15 is 0 Å². The van der Waals surface area contributed by atoms with E-state index in [1.165, 1.54) is 7.11 Å². The van der Waals surface area contributed by atoms with Crippen LogP contribution in [0.1, 0.15) is 36.2 Å². The number of ether oxygens (including phenoxy) is 2. The lowest BCUT2D eigenvalue weighted by atomic mass is 10.1. The largest absolute Gasteiger partial charge is 0.490 e. The first-order valence-electron chi connectivity index (χ1n) is 8.54. The van der Waals surface area contributed by atoms with Gasteiger partial charge in [0.1, 0.15) is 43.2 Å². The summed E-state index contributed by atoms with van der Waals surface area (Å²) in [4.78, 5) is 4.86. The van der Waals surface area contributed by atoms with Gasteiger partial charge in [0.2, 0.25) is 0 Å². The van der Waals surface area contributed by atoms with Crippen LogP contribution < -0.4 is 9.47 Å². The zero-order valence-electron chi connectivity index (χ0n) is 16.4. The number of rotatable bonds is 8. The average molecular weight is 357 g/mol. The summed E-state index contributed by atoms with van der Waals surface area (Å²) in [6.07, 6.45) is 5.88. The quantitative estimate of drug-likeness (QED) is 0.408. The van der Waals surface area contributed by atoms with Crippen molar-refractivity contribution in [2.24, 2.45) is 12.2 Å². The molecule has 1 heterocycles. The lowest BCUT2D eigenvalue weighted by Crippen LogP contribution is -2.05. The van der Waals surface area contributed by atoms with Crippen LogP contribution in [0.2, 0.25) is 0 Å². The summed E-state index contributed by atoms with van der Waals surface area (Å²) < 4.78 is 13.6. The highest BCUT2D eigenvalue weighted by atomic mass is 16.6. The SMILES string of the molecule is C/C=C/COc1cc(C)c(OCc2cn(C)nc2C(C)=NOC)c(C)c1. The fourth-order valence-corrected chi connectivity index (χ4v) is 2.74. The second-order valence-electron chi connectivity index (χ2n) is 6.09. The molecule has 0 saturated heterocycles. The predicted octanol–water partition coefficient (Wildman–Crippen LogP) is 3.94. The summed E-state index contributed by atoms with van der Waals surface area (Å²) in [5.41, 5.74) is 4.52. The highest BCUT2D eigenvalue weighted by molar-refractivity contribution is 5.97. The highest BCUT2D eigenvalue weighted by Gasteiger charge is 2.14. The van der Waals surface area contributed by atoms with Crippen LogP contribution in [0.4, 0.5) is 0 Å². The van der Waals surface area contributed by atoms with Gasteiger partial charge >= 0.3 is 0 Å². The Bertz CT molecular complexity index is 784. The van der Waals surface area contributed by atoms with Crippen LogP contribution in [0.3, 0.4) is 0 Å². The smallest absolute Gasteiger partial charge is 0.125 e. The van der Waals surface area contributed by atoms with Gasteiger partial charge in [-0.25, -0.2) is 0 Å². The van der Waals surface area contributed by atoms with Gasteiger partial charge in [-0.05, 0) is 51.0 Å². The zero-order valence-corrected chi connectivity index (χ0v) is 16.4. The molecule has 0 unspecified atom stereocenters. The van der Waals surface area contributed by atoms with Crippen LogP contribution in [-0.4, -0.2) is 29.2 Å². The molecule has 6 nitrogen and oxygen atoms in total. The number of aromatic nitrogens is 2. The van der Waals surface area contributed by atoms with E-state index in [9.17, 15) is 0 Å². The second-order valence-corrected chi connectivity index (χ2v) is 6.09. The Morgan fingerprint density at radius 2 is 1.92 bits per heavy atom. The third-order valence-electron chi connectivity index (χ3n) is 3.86. The second kappa shape index (κ2) is 9.08. The van der Waals surface area contributed by atoms with Gasteiger partial charge in [-0.3, -0.25) is 4.68 Å². The molecule has 0 radical (unpaired) electrons. The third-order valence-corrected chi connectivity index (χ3v) is 3.86. The lowest BCUT2D eigenvalue weighted by molar-refractivity contribution is 0.213. The molecule has 2 rings (SSSR count). The molecule has 6 heteroatoms. The molecular weight excluding hydrogens is 330 g/mol. The molecule has 1 aromatic heterocycles. The van der Waals surface area contributed by atoms with E-state index < -0.39 is 0 Å². The van der Waals surface area contributed by atoms with Crippen molar-refractivity contribution in [2.45, 2.75) is 34.3 Å². The molecule has 2 aromatic rings. The molecular formula is C20H27N3O3. The molecule has 1 aromatic carbocycles. The van der Waals surface area contributed by atoms with Crippen molar-refractivity contribution in [2.75, 3.05) is 13.7 Å². The van der Waals surface area contributed by atoms with Crippen LogP contribution in [0, 0.1) is 13.8 Å². The van der Waals surface area contributed by atoms with Crippen molar-refractivity contribution in [3.63, 3.8) is 0 Å². The maximum atomic E-state index is 6.10. The van der Waals surface area contributed by atoms with Gasteiger partial charge in [-0.2, -0.15) is 5.10 Å². The number of oxime groups is 1. The molecule has 0 aliphatic rings. The first kappa shape index (κ1) is 19.6.